The fourth-order valence-electron chi connectivity index (χ4n) is 4.93. The van der Waals surface area contributed by atoms with E-state index >= 15 is 0 Å². The Morgan fingerprint density at radius 2 is 1.61 bits per heavy atom. The molecule has 0 radical (unpaired) electrons. The Hall–Kier alpha value is -2.87. The molecule has 8 heteroatoms. The molecular formula is C28H39N3O4S. The van der Waals surface area contributed by atoms with Gasteiger partial charge in [0, 0.05) is 12.6 Å². The molecular weight excluding hydrogens is 474 g/mol. The van der Waals surface area contributed by atoms with E-state index in [1.165, 1.54) is 11.3 Å². The first-order chi connectivity index (χ1) is 17.0. The summed E-state index contributed by atoms with van der Waals surface area (Å²) >= 11 is 0. The quantitative estimate of drug-likeness (QED) is 0.543. The van der Waals surface area contributed by atoms with E-state index in [9.17, 15) is 18.0 Å². The normalized spacial score (nSPS) is 15.2. The molecule has 0 bridgehead atoms. The molecule has 3 rings (SSSR count). The van der Waals surface area contributed by atoms with Crippen molar-refractivity contribution in [2.45, 2.75) is 78.4 Å². The highest BCUT2D eigenvalue weighted by molar-refractivity contribution is 7.92. The zero-order valence-corrected chi connectivity index (χ0v) is 22.9. The third-order valence-electron chi connectivity index (χ3n) is 6.92. The maximum Gasteiger partial charge on any atom is 0.244 e. The van der Waals surface area contributed by atoms with Crippen LogP contribution in [0.15, 0.2) is 42.5 Å². The number of aryl methyl sites for hydroxylation is 3. The van der Waals surface area contributed by atoms with Crippen LogP contribution in [0.25, 0.3) is 0 Å². The van der Waals surface area contributed by atoms with Gasteiger partial charge in [-0.15, -0.1) is 0 Å². The number of rotatable bonds is 9. The molecule has 196 valence electrons. The van der Waals surface area contributed by atoms with Gasteiger partial charge < -0.3 is 10.2 Å². The van der Waals surface area contributed by atoms with Crippen LogP contribution in [-0.4, -0.2) is 50.0 Å². The first-order valence-electron chi connectivity index (χ1n) is 12.7. The van der Waals surface area contributed by atoms with Crippen molar-refractivity contribution in [1.82, 2.24) is 10.2 Å². The number of hydrogen-bond acceptors (Lipinski definition) is 4. The van der Waals surface area contributed by atoms with Gasteiger partial charge in [0.1, 0.15) is 12.6 Å². The van der Waals surface area contributed by atoms with E-state index in [4.69, 9.17) is 0 Å². The van der Waals surface area contributed by atoms with Crippen LogP contribution in [0.4, 0.5) is 5.69 Å². The lowest BCUT2D eigenvalue weighted by Crippen LogP contribution is -2.53. The summed E-state index contributed by atoms with van der Waals surface area (Å²) in [6.07, 6.45) is 6.35. The molecule has 1 fully saturated rings. The van der Waals surface area contributed by atoms with Crippen LogP contribution >= 0.6 is 0 Å². The van der Waals surface area contributed by atoms with E-state index in [1.54, 1.807) is 6.92 Å². The summed E-state index contributed by atoms with van der Waals surface area (Å²) in [7, 11) is -3.75. The predicted molar refractivity (Wildman–Crippen MR) is 144 cm³/mol. The third-order valence-corrected chi connectivity index (χ3v) is 8.03. The van der Waals surface area contributed by atoms with Crippen molar-refractivity contribution in [3.8, 4) is 0 Å². The van der Waals surface area contributed by atoms with Crippen molar-refractivity contribution in [2.75, 3.05) is 17.1 Å². The molecule has 2 aromatic carbocycles. The summed E-state index contributed by atoms with van der Waals surface area (Å²) < 4.78 is 26.8. The average Bonchev–Trinajstić information content (AvgIpc) is 2.81. The molecule has 36 heavy (non-hydrogen) atoms. The zero-order valence-electron chi connectivity index (χ0n) is 22.1. The summed E-state index contributed by atoms with van der Waals surface area (Å²) in [5.41, 5.74) is 3.97. The third kappa shape index (κ3) is 7.09. The maximum atomic E-state index is 13.8. The number of para-hydroxylation sites is 1. The van der Waals surface area contributed by atoms with Gasteiger partial charge in [-0.05, 0) is 57.2 Å². The molecule has 2 aromatic rings. The predicted octanol–water partition coefficient (Wildman–Crippen LogP) is 4.24. The molecule has 0 unspecified atom stereocenters. The van der Waals surface area contributed by atoms with Gasteiger partial charge in [-0.3, -0.25) is 13.9 Å². The van der Waals surface area contributed by atoms with Gasteiger partial charge in [0.25, 0.3) is 0 Å². The van der Waals surface area contributed by atoms with Crippen molar-refractivity contribution in [3.05, 3.63) is 64.7 Å². The fraction of sp³-hybridized carbons (Fsp3) is 0.500. The van der Waals surface area contributed by atoms with E-state index < -0.39 is 22.0 Å². The standard InChI is InChI=1S/C28H39N3O4S/c1-20-11-9-14-24(17-20)18-30(23(4)28(33)29-25-15-7-6-8-16-25)26(32)19-31(36(5,34)35)27-21(2)12-10-13-22(27)3/h9-14,17,23,25H,6-8,15-16,18-19H2,1-5H3,(H,29,33)/t23-/m0/s1. The van der Waals surface area contributed by atoms with Crippen LogP contribution in [-0.2, 0) is 26.2 Å². The monoisotopic (exact) mass is 513 g/mol. The Morgan fingerprint density at radius 3 is 2.19 bits per heavy atom. The minimum Gasteiger partial charge on any atom is -0.352 e. The van der Waals surface area contributed by atoms with Gasteiger partial charge in [-0.1, -0.05) is 67.3 Å². The molecule has 1 aliphatic rings. The molecule has 0 heterocycles. The molecule has 7 nitrogen and oxygen atoms in total. The van der Waals surface area contributed by atoms with Crippen molar-refractivity contribution in [2.24, 2.45) is 0 Å². The van der Waals surface area contributed by atoms with Gasteiger partial charge in [-0.25, -0.2) is 8.42 Å². The van der Waals surface area contributed by atoms with E-state index in [0.717, 1.165) is 58.5 Å². The summed E-state index contributed by atoms with van der Waals surface area (Å²) in [5, 5.41) is 3.12. The lowest BCUT2D eigenvalue weighted by Gasteiger charge is -2.33. The molecule has 1 N–H and O–H groups in total. The second-order valence-electron chi connectivity index (χ2n) is 10.0. The molecule has 0 aromatic heterocycles. The Balaban J connectivity index is 1.91. The summed E-state index contributed by atoms with van der Waals surface area (Å²) in [5.74, 6) is -0.628. The molecule has 2 amide bonds. The highest BCUT2D eigenvalue weighted by atomic mass is 32.2. The van der Waals surface area contributed by atoms with E-state index in [-0.39, 0.29) is 25.0 Å². The molecule has 0 spiro atoms. The van der Waals surface area contributed by atoms with Crippen LogP contribution in [0.1, 0.15) is 61.3 Å². The number of benzene rings is 2. The van der Waals surface area contributed by atoms with Crippen molar-refractivity contribution in [3.63, 3.8) is 0 Å². The van der Waals surface area contributed by atoms with Gasteiger partial charge in [-0.2, -0.15) is 0 Å². The molecule has 0 aliphatic heterocycles. The maximum absolute atomic E-state index is 13.8. The van der Waals surface area contributed by atoms with Crippen molar-refractivity contribution in [1.29, 1.82) is 0 Å². The molecule has 0 saturated heterocycles. The van der Waals surface area contributed by atoms with Crippen LogP contribution in [0.2, 0.25) is 0 Å². The largest absolute Gasteiger partial charge is 0.352 e. The number of nitrogens with zero attached hydrogens (tertiary/aromatic N) is 2. The van der Waals surface area contributed by atoms with Gasteiger partial charge in [0.15, 0.2) is 0 Å². The Morgan fingerprint density at radius 1 is 1.00 bits per heavy atom. The van der Waals surface area contributed by atoms with Crippen LogP contribution in [0, 0.1) is 20.8 Å². The minimum atomic E-state index is -3.75. The first kappa shape index (κ1) is 27.7. The van der Waals surface area contributed by atoms with Crippen LogP contribution < -0.4 is 9.62 Å². The van der Waals surface area contributed by atoms with E-state index in [2.05, 4.69) is 5.32 Å². The Kier molecular flexibility index (Phi) is 9.17. The summed E-state index contributed by atoms with van der Waals surface area (Å²) in [6, 6.07) is 12.7. The van der Waals surface area contributed by atoms with Gasteiger partial charge >= 0.3 is 0 Å². The highest BCUT2D eigenvalue weighted by Crippen LogP contribution is 2.27. The van der Waals surface area contributed by atoms with Crippen LogP contribution in [0.5, 0.6) is 0 Å². The number of amides is 2. The van der Waals surface area contributed by atoms with E-state index in [1.807, 2.05) is 63.2 Å². The fourth-order valence-corrected chi connectivity index (χ4v) is 5.90. The highest BCUT2D eigenvalue weighted by Gasteiger charge is 2.32. The smallest absolute Gasteiger partial charge is 0.244 e. The number of nitrogens with one attached hydrogen (secondary N) is 1. The van der Waals surface area contributed by atoms with Gasteiger partial charge in [0.05, 0.1) is 11.9 Å². The lowest BCUT2D eigenvalue weighted by molar-refractivity contribution is -0.139. The number of anilines is 1. The first-order valence-corrected chi connectivity index (χ1v) is 14.5. The van der Waals surface area contributed by atoms with Crippen molar-refractivity contribution >= 4 is 27.5 Å². The zero-order chi connectivity index (χ0) is 26.5. The number of sulfonamides is 1. The molecule has 1 aliphatic carbocycles. The lowest BCUT2D eigenvalue weighted by atomic mass is 9.95. The number of carbonyl (C=O) groups excluding carboxylic acids is 2. The molecule has 1 saturated carbocycles. The molecule has 1 atom stereocenters. The number of carbonyl (C=O) groups is 2. The topological polar surface area (TPSA) is 86.8 Å². The van der Waals surface area contributed by atoms with E-state index in [0.29, 0.717) is 5.69 Å². The Bertz CT molecular complexity index is 1170. The second kappa shape index (κ2) is 11.9. The summed E-state index contributed by atoms with van der Waals surface area (Å²) in [6.45, 7) is 7.18. The Labute approximate surface area is 215 Å². The second-order valence-corrected chi connectivity index (χ2v) is 11.9. The summed E-state index contributed by atoms with van der Waals surface area (Å²) in [4.78, 5) is 28.5. The van der Waals surface area contributed by atoms with Gasteiger partial charge in [0.2, 0.25) is 21.8 Å². The van der Waals surface area contributed by atoms with Crippen molar-refractivity contribution < 1.29 is 18.0 Å². The minimum absolute atomic E-state index is 0.117. The average molecular weight is 514 g/mol. The number of hydrogen-bond donors (Lipinski definition) is 1. The SMILES string of the molecule is Cc1cccc(CN(C(=O)CN(c2c(C)cccc2C)S(C)(=O)=O)[C@@H](C)C(=O)NC2CCCCC2)c1. The van der Waals surface area contributed by atoms with Crippen LogP contribution in [0.3, 0.4) is 0 Å².